The van der Waals surface area contributed by atoms with Crippen molar-refractivity contribution in [1.29, 1.82) is 0 Å². The third kappa shape index (κ3) is 3.49. The van der Waals surface area contributed by atoms with E-state index in [4.69, 9.17) is 4.42 Å². The molecule has 1 fully saturated rings. The van der Waals surface area contributed by atoms with Crippen molar-refractivity contribution in [1.82, 2.24) is 10.2 Å². The highest BCUT2D eigenvalue weighted by atomic mass is 19.1. The molecule has 2 unspecified atom stereocenters. The molecule has 0 radical (unpaired) electrons. The Bertz CT molecular complexity index is 912. The van der Waals surface area contributed by atoms with Crippen molar-refractivity contribution < 1.29 is 23.2 Å². The van der Waals surface area contributed by atoms with Gasteiger partial charge in [-0.25, -0.2) is 4.39 Å². The zero-order chi connectivity index (χ0) is 19.7. The van der Waals surface area contributed by atoms with Crippen LogP contribution in [0, 0.1) is 5.82 Å². The molecule has 1 saturated heterocycles. The van der Waals surface area contributed by atoms with Crippen LogP contribution in [-0.2, 0) is 20.9 Å². The highest BCUT2D eigenvalue weighted by molar-refractivity contribution is 6.02. The molecule has 0 spiro atoms. The Kier molecular flexibility index (Phi) is 4.85. The van der Waals surface area contributed by atoms with Gasteiger partial charge in [0.2, 0.25) is 17.7 Å². The molecule has 2 aliphatic rings. The molecule has 146 valence electrons. The number of hydrogen-bond donors (Lipinski definition) is 2. The van der Waals surface area contributed by atoms with Gasteiger partial charge < -0.3 is 20.0 Å². The van der Waals surface area contributed by atoms with E-state index in [1.54, 1.807) is 12.1 Å². The van der Waals surface area contributed by atoms with Crippen molar-refractivity contribution in [2.45, 2.75) is 37.8 Å². The summed E-state index contributed by atoms with van der Waals surface area (Å²) < 4.78 is 18.7. The van der Waals surface area contributed by atoms with E-state index >= 15 is 0 Å². The first kappa shape index (κ1) is 18.2. The number of hydrogen-bond acceptors (Lipinski definition) is 4. The molecular formula is C20H20FN3O4. The molecule has 1 aromatic carbocycles. The molecule has 28 heavy (non-hydrogen) atoms. The van der Waals surface area contributed by atoms with Gasteiger partial charge in [0.15, 0.2) is 0 Å². The average Bonchev–Trinajstić information content (AvgIpc) is 3.36. The van der Waals surface area contributed by atoms with Crippen molar-refractivity contribution in [2.24, 2.45) is 0 Å². The topological polar surface area (TPSA) is 91.7 Å². The highest BCUT2D eigenvalue weighted by Crippen LogP contribution is 2.35. The minimum Gasteiger partial charge on any atom is -0.467 e. The maximum Gasteiger partial charge on any atom is 0.243 e. The van der Waals surface area contributed by atoms with Crippen molar-refractivity contribution in [2.75, 3.05) is 11.9 Å². The molecule has 0 aliphatic carbocycles. The molecule has 3 heterocycles. The fraction of sp³-hybridized carbons (Fsp3) is 0.350. The molecular weight excluding hydrogens is 365 g/mol. The number of fused-ring (bicyclic) bond motifs is 1. The van der Waals surface area contributed by atoms with Gasteiger partial charge in [0, 0.05) is 18.7 Å². The van der Waals surface area contributed by atoms with Gasteiger partial charge in [-0.1, -0.05) is 6.07 Å². The van der Waals surface area contributed by atoms with Gasteiger partial charge in [0.1, 0.15) is 17.6 Å². The van der Waals surface area contributed by atoms with Crippen LogP contribution in [0.15, 0.2) is 41.0 Å². The van der Waals surface area contributed by atoms with Crippen molar-refractivity contribution in [3.63, 3.8) is 0 Å². The molecule has 7 nitrogen and oxygen atoms in total. The lowest BCUT2D eigenvalue weighted by Gasteiger charge is -2.31. The Labute approximate surface area is 160 Å². The normalized spacial score (nSPS) is 21.2. The molecule has 2 N–H and O–H groups in total. The Morgan fingerprint density at radius 3 is 2.96 bits per heavy atom. The molecule has 1 aromatic heterocycles. The van der Waals surface area contributed by atoms with E-state index in [0.717, 1.165) is 0 Å². The van der Waals surface area contributed by atoms with Crippen LogP contribution in [-0.4, -0.2) is 35.2 Å². The second-order valence-electron chi connectivity index (χ2n) is 7.02. The lowest BCUT2D eigenvalue weighted by molar-refractivity contribution is -0.140. The number of benzene rings is 1. The van der Waals surface area contributed by atoms with Crippen LogP contribution in [0.1, 0.15) is 36.5 Å². The number of likely N-dealkylation sites (tertiary alicyclic amines) is 1. The van der Waals surface area contributed by atoms with Crippen LogP contribution in [0.4, 0.5) is 10.1 Å². The third-order valence-corrected chi connectivity index (χ3v) is 5.21. The summed E-state index contributed by atoms with van der Waals surface area (Å²) in [4.78, 5) is 39.4. The Morgan fingerprint density at radius 2 is 2.18 bits per heavy atom. The predicted molar refractivity (Wildman–Crippen MR) is 97.7 cm³/mol. The molecule has 2 atom stereocenters. The highest BCUT2D eigenvalue weighted by Gasteiger charge is 2.40. The van der Waals surface area contributed by atoms with Crippen LogP contribution < -0.4 is 10.6 Å². The summed E-state index contributed by atoms with van der Waals surface area (Å²) in [5.74, 6) is -1.44. The molecule has 2 aromatic rings. The van der Waals surface area contributed by atoms with Gasteiger partial charge in [-0.3, -0.25) is 14.4 Å². The number of rotatable bonds is 4. The van der Waals surface area contributed by atoms with Gasteiger partial charge in [-0.05, 0) is 42.7 Å². The molecule has 2 aliphatic heterocycles. The second kappa shape index (κ2) is 7.46. The standard InChI is InChI=1S/C20H20FN3O4/c21-12-5-6-14-15(10-18(25)23-16(14)9-12)20(27)24-7-1-4-17(24)19(26)22-11-13-3-2-8-28-13/h2-3,5-6,8-9,15,17H,1,4,7,10-11H2,(H,22,26)(H,23,25). The quantitative estimate of drug-likeness (QED) is 0.844. The summed E-state index contributed by atoms with van der Waals surface area (Å²) in [5, 5.41) is 5.40. The minimum absolute atomic E-state index is 0.0191. The fourth-order valence-electron chi connectivity index (χ4n) is 3.87. The number of amides is 3. The number of anilines is 1. The van der Waals surface area contributed by atoms with Crippen molar-refractivity contribution in [3.05, 3.63) is 53.7 Å². The zero-order valence-corrected chi connectivity index (χ0v) is 15.1. The first-order chi connectivity index (χ1) is 13.5. The first-order valence-electron chi connectivity index (χ1n) is 9.23. The summed E-state index contributed by atoms with van der Waals surface area (Å²) >= 11 is 0. The predicted octanol–water partition coefficient (Wildman–Crippen LogP) is 2.15. The van der Waals surface area contributed by atoms with Crippen LogP contribution in [0.5, 0.6) is 0 Å². The Morgan fingerprint density at radius 1 is 1.32 bits per heavy atom. The Balaban J connectivity index is 1.50. The van der Waals surface area contributed by atoms with E-state index in [-0.39, 0.29) is 30.7 Å². The number of halogens is 1. The largest absolute Gasteiger partial charge is 0.467 e. The van der Waals surface area contributed by atoms with Gasteiger partial charge in [-0.15, -0.1) is 0 Å². The number of nitrogens with one attached hydrogen (secondary N) is 2. The first-order valence-corrected chi connectivity index (χ1v) is 9.23. The van der Waals surface area contributed by atoms with Gasteiger partial charge in [0.25, 0.3) is 0 Å². The maximum atomic E-state index is 13.5. The lowest BCUT2D eigenvalue weighted by Crippen LogP contribution is -2.48. The van der Waals surface area contributed by atoms with Gasteiger partial charge in [0.05, 0.1) is 18.7 Å². The third-order valence-electron chi connectivity index (χ3n) is 5.21. The number of furan rings is 1. The zero-order valence-electron chi connectivity index (χ0n) is 15.1. The SMILES string of the molecule is O=C1CC(C(=O)N2CCCC2C(=O)NCc2ccco2)c2ccc(F)cc2N1. The van der Waals surface area contributed by atoms with E-state index in [2.05, 4.69) is 10.6 Å². The smallest absolute Gasteiger partial charge is 0.243 e. The van der Waals surface area contributed by atoms with Crippen LogP contribution in [0.3, 0.4) is 0 Å². The molecule has 0 saturated carbocycles. The van der Waals surface area contributed by atoms with E-state index in [9.17, 15) is 18.8 Å². The van der Waals surface area contributed by atoms with E-state index in [0.29, 0.717) is 36.4 Å². The Hall–Kier alpha value is -3.16. The number of carbonyl (C=O) groups is 3. The molecule has 8 heteroatoms. The fourth-order valence-corrected chi connectivity index (χ4v) is 3.87. The number of nitrogens with zero attached hydrogens (tertiary/aromatic N) is 1. The molecule has 0 bridgehead atoms. The van der Waals surface area contributed by atoms with Crippen LogP contribution >= 0.6 is 0 Å². The van der Waals surface area contributed by atoms with Gasteiger partial charge in [-0.2, -0.15) is 0 Å². The summed E-state index contributed by atoms with van der Waals surface area (Å²) in [7, 11) is 0. The summed E-state index contributed by atoms with van der Waals surface area (Å²) in [6.45, 7) is 0.699. The van der Waals surface area contributed by atoms with Gasteiger partial charge >= 0.3 is 0 Å². The van der Waals surface area contributed by atoms with E-state index in [1.165, 1.54) is 29.4 Å². The minimum atomic E-state index is -0.720. The molecule has 4 rings (SSSR count). The summed E-state index contributed by atoms with van der Waals surface area (Å²) in [6.07, 6.45) is 2.78. The second-order valence-corrected chi connectivity index (χ2v) is 7.02. The number of carbonyl (C=O) groups excluding carboxylic acids is 3. The van der Waals surface area contributed by atoms with Crippen LogP contribution in [0.25, 0.3) is 0 Å². The van der Waals surface area contributed by atoms with Crippen molar-refractivity contribution in [3.8, 4) is 0 Å². The van der Waals surface area contributed by atoms with Crippen LogP contribution in [0.2, 0.25) is 0 Å². The summed E-state index contributed by atoms with van der Waals surface area (Å²) in [6, 6.07) is 6.92. The lowest BCUT2D eigenvalue weighted by atomic mass is 9.89. The van der Waals surface area contributed by atoms with Crippen molar-refractivity contribution >= 4 is 23.4 Å². The van der Waals surface area contributed by atoms with E-state index < -0.39 is 17.8 Å². The monoisotopic (exact) mass is 385 g/mol. The molecule has 3 amide bonds. The maximum absolute atomic E-state index is 13.5. The average molecular weight is 385 g/mol. The van der Waals surface area contributed by atoms with E-state index in [1.807, 2.05) is 0 Å². The summed E-state index contributed by atoms with van der Waals surface area (Å²) in [5.41, 5.74) is 0.889.